The summed E-state index contributed by atoms with van der Waals surface area (Å²) in [6.45, 7) is 2.33. The Morgan fingerprint density at radius 3 is 3.00 bits per heavy atom. The summed E-state index contributed by atoms with van der Waals surface area (Å²) in [5.41, 5.74) is 1.63. The summed E-state index contributed by atoms with van der Waals surface area (Å²) in [4.78, 5) is 4.26. The summed E-state index contributed by atoms with van der Waals surface area (Å²) in [6, 6.07) is 8.61. The van der Waals surface area contributed by atoms with Crippen LogP contribution in [0.1, 0.15) is 31.7 Å². The van der Waals surface area contributed by atoms with E-state index in [0.717, 1.165) is 12.8 Å². The van der Waals surface area contributed by atoms with Crippen LogP contribution in [0.2, 0.25) is 0 Å². The van der Waals surface area contributed by atoms with Crippen LogP contribution in [0.5, 0.6) is 0 Å². The molecule has 1 aromatic heterocycles. The lowest BCUT2D eigenvalue weighted by atomic mass is 9.79. The van der Waals surface area contributed by atoms with Crippen molar-refractivity contribution in [2.24, 2.45) is 0 Å². The normalized spacial score (nSPS) is 28.7. The zero-order valence-electron chi connectivity index (χ0n) is 9.99. The van der Waals surface area contributed by atoms with Gasteiger partial charge < -0.3 is 0 Å². The van der Waals surface area contributed by atoms with E-state index in [1.165, 1.54) is 22.8 Å². The SMILES string of the molecule is CC1(c2cccc3ccncc23)CCC(Cl)C1. The van der Waals surface area contributed by atoms with Gasteiger partial charge in [-0.3, -0.25) is 4.98 Å². The molecule has 1 aromatic carbocycles. The van der Waals surface area contributed by atoms with Crippen molar-refractivity contribution < 1.29 is 0 Å². The highest BCUT2D eigenvalue weighted by atomic mass is 35.5. The molecular formula is C15H16ClN. The molecule has 0 spiro atoms. The first kappa shape index (κ1) is 11.0. The first-order valence-corrected chi connectivity index (χ1v) is 6.60. The molecule has 1 heterocycles. The van der Waals surface area contributed by atoms with Crippen molar-refractivity contribution in [2.75, 3.05) is 0 Å². The Bertz CT molecular complexity index is 546. The zero-order chi connectivity index (χ0) is 11.9. The number of benzene rings is 1. The lowest BCUT2D eigenvalue weighted by Crippen LogP contribution is -2.18. The second-order valence-electron chi connectivity index (χ2n) is 5.30. The van der Waals surface area contributed by atoms with Crippen LogP contribution in [0.15, 0.2) is 36.7 Å². The van der Waals surface area contributed by atoms with Crippen molar-refractivity contribution in [3.63, 3.8) is 0 Å². The minimum Gasteiger partial charge on any atom is -0.264 e. The molecule has 0 saturated heterocycles. The summed E-state index contributed by atoms with van der Waals surface area (Å²) in [7, 11) is 0. The van der Waals surface area contributed by atoms with Crippen molar-refractivity contribution in [2.45, 2.75) is 37.0 Å². The lowest BCUT2D eigenvalue weighted by Gasteiger charge is -2.25. The van der Waals surface area contributed by atoms with Crippen molar-refractivity contribution in [3.8, 4) is 0 Å². The molecule has 88 valence electrons. The van der Waals surface area contributed by atoms with Gasteiger partial charge in [0, 0.05) is 23.2 Å². The minimum absolute atomic E-state index is 0.217. The van der Waals surface area contributed by atoms with Gasteiger partial charge in [-0.25, -0.2) is 0 Å². The summed E-state index contributed by atoms with van der Waals surface area (Å²) >= 11 is 6.28. The second-order valence-corrected chi connectivity index (χ2v) is 5.92. The quantitative estimate of drug-likeness (QED) is 0.684. The number of halogens is 1. The van der Waals surface area contributed by atoms with E-state index in [1.807, 2.05) is 12.4 Å². The fraction of sp³-hybridized carbons (Fsp3) is 0.400. The number of nitrogens with zero attached hydrogens (tertiary/aromatic N) is 1. The van der Waals surface area contributed by atoms with Crippen molar-refractivity contribution in [1.82, 2.24) is 4.98 Å². The predicted molar refractivity (Wildman–Crippen MR) is 72.6 cm³/mol. The summed E-state index contributed by atoms with van der Waals surface area (Å²) in [6.07, 6.45) is 7.21. The third-order valence-corrected chi connectivity index (χ3v) is 4.39. The van der Waals surface area contributed by atoms with E-state index in [0.29, 0.717) is 5.38 Å². The standard InChI is InChI=1S/C15H16ClN/c1-15(7-5-12(16)9-15)14-4-2-3-11-6-8-17-10-13(11)14/h2-4,6,8,10,12H,5,7,9H2,1H3. The molecule has 0 N–H and O–H groups in total. The van der Waals surface area contributed by atoms with Gasteiger partial charge in [0.2, 0.25) is 0 Å². The van der Waals surface area contributed by atoms with Crippen molar-refractivity contribution in [3.05, 3.63) is 42.2 Å². The van der Waals surface area contributed by atoms with E-state index in [-0.39, 0.29) is 5.41 Å². The number of hydrogen-bond donors (Lipinski definition) is 0. The summed E-state index contributed by atoms with van der Waals surface area (Å²) in [5.74, 6) is 0. The van der Waals surface area contributed by atoms with Gasteiger partial charge in [-0.15, -0.1) is 11.6 Å². The molecule has 2 aromatic rings. The number of rotatable bonds is 1. The molecule has 17 heavy (non-hydrogen) atoms. The van der Waals surface area contributed by atoms with Crippen LogP contribution in [0.25, 0.3) is 10.8 Å². The molecule has 0 bridgehead atoms. The van der Waals surface area contributed by atoms with E-state index < -0.39 is 0 Å². The molecule has 0 amide bonds. The Balaban J connectivity index is 2.17. The Kier molecular flexibility index (Phi) is 2.59. The van der Waals surface area contributed by atoms with E-state index >= 15 is 0 Å². The van der Waals surface area contributed by atoms with Crippen molar-refractivity contribution in [1.29, 1.82) is 0 Å². The third kappa shape index (κ3) is 1.83. The maximum atomic E-state index is 6.28. The fourth-order valence-electron chi connectivity index (χ4n) is 3.05. The number of pyridine rings is 1. The maximum Gasteiger partial charge on any atom is 0.0349 e. The Hall–Kier alpha value is -1.08. The Morgan fingerprint density at radius 1 is 1.35 bits per heavy atom. The molecular weight excluding hydrogens is 230 g/mol. The lowest BCUT2D eigenvalue weighted by molar-refractivity contribution is 0.496. The van der Waals surface area contributed by atoms with Gasteiger partial charge in [0.15, 0.2) is 0 Å². The minimum atomic E-state index is 0.217. The van der Waals surface area contributed by atoms with Gasteiger partial charge in [-0.1, -0.05) is 25.1 Å². The van der Waals surface area contributed by atoms with E-state index in [1.54, 1.807) is 0 Å². The molecule has 1 saturated carbocycles. The maximum absolute atomic E-state index is 6.28. The van der Waals surface area contributed by atoms with Gasteiger partial charge >= 0.3 is 0 Å². The van der Waals surface area contributed by atoms with E-state index in [2.05, 4.69) is 36.2 Å². The second kappa shape index (κ2) is 3.99. The molecule has 2 atom stereocenters. The largest absolute Gasteiger partial charge is 0.264 e. The molecule has 1 aliphatic rings. The predicted octanol–water partition coefficient (Wildman–Crippen LogP) is 4.28. The molecule has 1 aliphatic carbocycles. The average molecular weight is 246 g/mol. The van der Waals surface area contributed by atoms with Crippen LogP contribution in [0.3, 0.4) is 0 Å². The first-order chi connectivity index (χ1) is 8.19. The van der Waals surface area contributed by atoms with Crippen LogP contribution in [-0.4, -0.2) is 10.4 Å². The summed E-state index contributed by atoms with van der Waals surface area (Å²) < 4.78 is 0. The number of alkyl halides is 1. The van der Waals surface area contributed by atoms with Crippen LogP contribution in [0, 0.1) is 0 Å². The third-order valence-electron chi connectivity index (χ3n) is 4.02. The fourth-order valence-corrected chi connectivity index (χ4v) is 3.50. The molecule has 1 nitrogen and oxygen atoms in total. The van der Waals surface area contributed by atoms with Crippen LogP contribution < -0.4 is 0 Å². The van der Waals surface area contributed by atoms with Crippen molar-refractivity contribution >= 4 is 22.4 Å². The average Bonchev–Trinajstić information content (AvgIpc) is 2.70. The zero-order valence-corrected chi connectivity index (χ0v) is 10.7. The number of fused-ring (bicyclic) bond motifs is 1. The highest BCUT2D eigenvalue weighted by Crippen LogP contribution is 2.44. The number of aromatic nitrogens is 1. The molecule has 0 aliphatic heterocycles. The smallest absolute Gasteiger partial charge is 0.0349 e. The van der Waals surface area contributed by atoms with Gasteiger partial charge in [-0.05, 0) is 41.7 Å². The first-order valence-electron chi connectivity index (χ1n) is 6.16. The molecule has 1 fully saturated rings. The highest BCUT2D eigenvalue weighted by Gasteiger charge is 2.36. The topological polar surface area (TPSA) is 12.9 Å². The van der Waals surface area contributed by atoms with Gasteiger partial charge in [0.05, 0.1) is 0 Å². The highest BCUT2D eigenvalue weighted by molar-refractivity contribution is 6.20. The molecule has 2 heteroatoms. The van der Waals surface area contributed by atoms with Crippen LogP contribution in [-0.2, 0) is 5.41 Å². The van der Waals surface area contributed by atoms with Gasteiger partial charge in [0.1, 0.15) is 0 Å². The van der Waals surface area contributed by atoms with E-state index in [4.69, 9.17) is 11.6 Å². The number of hydrogen-bond acceptors (Lipinski definition) is 1. The van der Waals surface area contributed by atoms with E-state index in [9.17, 15) is 0 Å². The Morgan fingerprint density at radius 2 is 2.24 bits per heavy atom. The van der Waals surface area contributed by atoms with Gasteiger partial charge in [-0.2, -0.15) is 0 Å². The Labute approximate surface area is 107 Å². The molecule has 2 unspecified atom stereocenters. The molecule has 3 rings (SSSR count). The molecule has 0 radical (unpaired) electrons. The van der Waals surface area contributed by atoms with Gasteiger partial charge in [0.25, 0.3) is 0 Å². The van der Waals surface area contributed by atoms with Crippen LogP contribution in [0.4, 0.5) is 0 Å². The summed E-state index contributed by atoms with van der Waals surface area (Å²) in [5, 5.41) is 2.88. The van der Waals surface area contributed by atoms with Crippen LogP contribution >= 0.6 is 11.6 Å². The monoisotopic (exact) mass is 245 g/mol.